The van der Waals surface area contributed by atoms with E-state index in [0.29, 0.717) is 26.3 Å². The van der Waals surface area contributed by atoms with Gasteiger partial charge in [-0.15, -0.1) is 0 Å². The monoisotopic (exact) mass is 198 g/mol. The highest BCUT2D eigenvalue weighted by atomic mass is 19.1. The summed E-state index contributed by atoms with van der Waals surface area (Å²) in [5, 5.41) is 0. The van der Waals surface area contributed by atoms with Crippen LogP contribution < -0.4 is 10.6 Å². The molecule has 0 aromatic carbocycles. The van der Waals surface area contributed by atoms with Crippen LogP contribution in [0, 0.1) is 5.82 Å². The minimum atomic E-state index is -0.443. The molecule has 2 heterocycles. The molecular formula is C8H11FN4O. The van der Waals surface area contributed by atoms with E-state index in [1.165, 1.54) is 0 Å². The standard InChI is InChI=1S/C8H11FN4O/c9-6-5-11-8(10)12-7(6)13-1-3-14-4-2-13/h5H,1-4H2,(H2,10,11,12). The summed E-state index contributed by atoms with van der Waals surface area (Å²) < 4.78 is 18.4. The molecule has 1 aromatic rings. The number of aromatic nitrogens is 2. The zero-order chi connectivity index (χ0) is 9.97. The Morgan fingerprint density at radius 2 is 2.14 bits per heavy atom. The quantitative estimate of drug-likeness (QED) is 0.690. The highest BCUT2D eigenvalue weighted by Crippen LogP contribution is 2.17. The Bertz CT molecular complexity index is 327. The number of ether oxygens (including phenoxy) is 1. The second kappa shape index (κ2) is 3.75. The summed E-state index contributed by atoms with van der Waals surface area (Å²) in [5.74, 6) is -0.0882. The topological polar surface area (TPSA) is 64.3 Å². The average Bonchev–Trinajstić information content (AvgIpc) is 2.23. The van der Waals surface area contributed by atoms with Crippen molar-refractivity contribution in [3.05, 3.63) is 12.0 Å². The molecule has 1 aromatic heterocycles. The molecule has 2 N–H and O–H groups in total. The Kier molecular flexibility index (Phi) is 2.45. The van der Waals surface area contributed by atoms with Crippen LogP contribution in [0.1, 0.15) is 0 Å². The van der Waals surface area contributed by atoms with Gasteiger partial charge in [-0.3, -0.25) is 0 Å². The van der Waals surface area contributed by atoms with Crippen molar-refractivity contribution in [3.8, 4) is 0 Å². The first-order chi connectivity index (χ1) is 6.77. The van der Waals surface area contributed by atoms with Crippen LogP contribution in [0.4, 0.5) is 16.2 Å². The van der Waals surface area contributed by atoms with Gasteiger partial charge in [0.1, 0.15) is 0 Å². The molecular weight excluding hydrogens is 187 g/mol. The van der Waals surface area contributed by atoms with Gasteiger partial charge in [0.05, 0.1) is 19.4 Å². The number of nitrogen functional groups attached to an aromatic ring is 1. The molecule has 0 spiro atoms. The number of morpholine rings is 1. The van der Waals surface area contributed by atoms with Gasteiger partial charge in [0, 0.05) is 13.1 Å². The van der Waals surface area contributed by atoms with Gasteiger partial charge >= 0.3 is 0 Å². The SMILES string of the molecule is Nc1ncc(F)c(N2CCOCC2)n1. The zero-order valence-electron chi connectivity index (χ0n) is 7.61. The number of hydrogen-bond acceptors (Lipinski definition) is 5. The van der Waals surface area contributed by atoms with Gasteiger partial charge in [0.15, 0.2) is 11.6 Å². The molecule has 1 aliphatic heterocycles. The fourth-order valence-corrected chi connectivity index (χ4v) is 1.37. The third kappa shape index (κ3) is 1.74. The lowest BCUT2D eigenvalue weighted by Crippen LogP contribution is -2.37. The van der Waals surface area contributed by atoms with Crippen molar-refractivity contribution in [3.63, 3.8) is 0 Å². The Morgan fingerprint density at radius 3 is 2.86 bits per heavy atom. The van der Waals surface area contributed by atoms with E-state index >= 15 is 0 Å². The van der Waals surface area contributed by atoms with Gasteiger partial charge in [-0.1, -0.05) is 0 Å². The van der Waals surface area contributed by atoms with Gasteiger partial charge in [0.2, 0.25) is 5.95 Å². The van der Waals surface area contributed by atoms with Gasteiger partial charge in [-0.25, -0.2) is 9.37 Å². The molecule has 76 valence electrons. The van der Waals surface area contributed by atoms with Crippen LogP contribution in [0.3, 0.4) is 0 Å². The lowest BCUT2D eigenvalue weighted by molar-refractivity contribution is 0.122. The molecule has 0 amide bonds. The lowest BCUT2D eigenvalue weighted by atomic mass is 10.4. The van der Waals surface area contributed by atoms with Crippen LogP contribution in [0.5, 0.6) is 0 Å². The maximum Gasteiger partial charge on any atom is 0.222 e. The lowest BCUT2D eigenvalue weighted by Gasteiger charge is -2.27. The summed E-state index contributed by atoms with van der Waals surface area (Å²) in [5.41, 5.74) is 5.39. The average molecular weight is 198 g/mol. The van der Waals surface area contributed by atoms with Crippen LogP contribution in [-0.4, -0.2) is 36.3 Å². The van der Waals surface area contributed by atoms with Crippen LogP contribution in [0.15, 0.2) is 6.20 Å². The maximum atomic E-state index is 13.3. The molecule has 0 saturated carbocycles. The largest absolute Gasteiger partial charge is 0.378 e. The van der Waals surface area contributed by atoms with Crippen LogP contribution in [-0.2, 0) is 4.74 Å². The number of nitrogens with zero attached hydrogens (tertiary/aromatic N) is 3. The van der Waals surface area contributed by atoms with Crippen molar-refractivity contribution in [1.82, 2.24) is 9.97 Å². The number of hydrogen-bond donors (Lipinski definition) is 1. The Hall–Kier alpha value is -1.43. The summed E-state index contributed by atoms with van der Waals surface area (Å²) in [6.45, 7) is 2.44. The minimum absolute atomic E-state index is 0.0906. The maximum absolute atomic E-state index is 13.3. The van der Waals surface area contributed by atoms with Crippen molar-refractivity contribution in [2.75, 3.05) is 36.9 Å². The van der Waals surface area contributed by atoms with E-state index in [4.69, 9.17) is 10.5 Å². The highest BCUT2D eigenvalue weighted by Gasteiger charge is 2.16. The number of rotatable bonds is 1. The molecule has 1 aliphatic rings. The van der Waals surface area contributed by atoms with Crippen LogP contribution in [0.25, 0.3) is 0 Å². The molecule has 2 rings (SSSR count). The summed E-state index contributed by atoms with van der Waals surface area (Å²) >= 11 is 0. The van der Waals surface area contributed by atoms with Crippen molar-refractivity contribution < 1.29 is 9.13 Å². The van der Waals surface area contributed by atoms with Gasteiger partial charge in [-0.2, -0.15) is 4.98 Å². The Morgan fingerprint density at radius 1 is 1.43 bits per heavy atom. The molecule has 0 aliphatic carbocycles. The van der Waals surface area contributed by atoms with Crippen LogP contribution in [0.2, 0.25) is 0 Å². The van der Waals surface area contributed by atoms with Crippen molar-refractivity contribution >= 4 is 11.8 Å². The van der Waals surface area contributed by atoms with E-state index in [9.17, 15) is 4.39 Å². The normalized spacial score (nSPS) is 17.1. The summed E-state index contributed by atoms with van der Waals surface area (Å²) in [4.78, 5) is 9.23. The van der Waals surface area contributed by atoms with Gasteiger partial charge in [-0.05, 0) is 0 Å². The summed E-state index contributed by atoms with van der Waals surface area (Å²) in [6.07, 6.45) is 1.09. The van der Waals surface area contributed by atoms with E-state index < -0.39 is 5.82 Å². The fraction of sp³-hybridized carbons (Fsp3) is 0.500. The predicted molar refractivity (Wildman–Crippen MR) is 49.4 cm³/mol. The molecule has 0 bridgehead atoms. The molecule has 1 fully saturated rings. The summed E-state index contributed by atoms with van der Waals surface area (Å²) in [6, 6.07) is 0. The molecule has 14 heavy (non-hydrogen) atoms. The fourth-order valence-electron chi connectivity index (χ4n) is 1.37. The molecule has 5 nitrogen and oxygen atoms in total. The van der Waals surface area contributed by atoms with E-state index in [-0.39, 0.29) is 11.8 Å². The summed E-state index contributed by atoms with van der Waals surface area (Å²) in [7, 11) is 0. The first-order valence-electron chi connectivity index (χ1n) is 4.38. The van der Waals surface area contributed by atoms with Gasteiger partial charge in [0.25, 0.3) is 0 Å². The Labute approximate surface area is 80.7 Å². The second-order valence-electron chi connectivity index (χ2n) is 3.00. The second-order valence-corrected chi connectivity index (χ2v) is 3.00. The third-order valence-corrected chi connectivity index (χ3v) is 2.05. The van der Waals surface area contributed by atoms with Crippen molar-refractivity contribution in [2.24, 2.45) is 0 Å². The molecule has 0 atom stereocenters. The Balaban J connectivity index is 2.24. The number of anilines is 2. The van der Waals surface area contributed by atoms with Gasteiger partial charge < -0.3 is 15.4 Å². The van der Waals surface area contributed by atoms with Crippen molar-refractivity contribution in [2.45, 2.75) is 0 Å². The first-order valence-corrected chi connectivity index (χ1v) is 4.38. The third-order valence-electron chi connectivity index (χ3n) is 2.05. The predicted octanol–water partition coefficient (Wildman–Crippen LogP) is 0.0345. The van der Waals surface area contributed by atoms with E-state index in [1.807, 2.05) is 0 Å². The van der Waals surface area contributed by atoms with Crippen molar-refractivity contribution in [1.29, 1.82) is 0 Å². The first kappa shape index (κ1) is 9.14. The zero-order valence-corrected chi connectivity index (χ0v) is 7.61. The highest BCUT2D eigenvalue weighted by molar-refractivity contribution is 5.42. The molecule has 0 unspecified atom stereocenters. The van der Waals surface area contributed by atoms with E-state index in [1.54, 1.807) is 4.90 Å². The molecule has 6 heteroatoms. The molecule has 1 saturated heterocycles. The molecule has 0 radical (unpaired) electrons. The van der Waals surface area contributed by atoms with E-state index in [0.717, 1.165) is 6.20 Å². The minimum Gasteiger partial charge on any atom is -0.378 e. The van der Waals surface area contributed by atoms with Crippen LogP contribution >= 0.6 is 0 Å². The number of halogens is 1. The number of nitrogens with two attached hydrogens (primary N) is 1. The van der Waals surface area contributed by atoms with E-state index in [2.05, 4.69) is 9.97 Å². The smallest absolute Gasteiger partial charge is 0.222 e.